The molecule has 120 valence electrons. The van der Waals surface area contributed by atoms with Crippen molar-refractivity contribution in [2.24, 2.45) is 10.8 Å². The average molecular weight is 302 g/mol. The number of nitrogens with one attached hydrogen (secondary N) is 1. The molecule has 1 aromatic rings. The van der Waals surface area contributed by atoms with Crippen LogP contribution in [0.25, 0.3) is 0 Å². The van der Waals surface area contributed by atoms with E-state index in [1.807, 2.05) is 64.6 Å². The SMILES string of the molecule is CC(C)(C)C(=O)Nc1ccc2c(c1)CCN2C(=O)C(C)(C)C. The fraction of sp³-hybridized carbons (Fsp3) is 0.556. The molecule has 1 heterocycles. The first-order chi connectivity index (χ1) is 10.00. The van der Waals surface area contributed by atoms with Crippen molar-refractivity contribution in [2.45, 2.75) is 48.0 Å². The number of carbonyl (C=O) groups is 2. The third kappa shape index (κ3) is 3.32. The largest absolute Gasteiger partial charge is 0.326 e. The molecule has 0 saturated carbocycles. The van der Waals surface area contributed by atoms with E-state index in [4.69, 9.17) is 0 Å². The number of fused-ring (bicyclic) bond motifs is 1. The summed E-state index contributed by atoms with van der Waals surface area (Å²) in [5, 5.41) is 2.94. The van der Waals surface area contributed by atoms with Crippen molar-refractivity contribution < 1.29 is 9.59 Å². The Balaban J connectivity index is 2.21. The highest BCUT2D eigenvalue weighted by Gasteiger charge is 2.32. The monoisotopic (exact) mass is 302 g/mol. The Kier molecular flexibility index (Phi) is 4.07. The fourth-order valence-corrected chi connectivity index (χ4v) is 2.41. The molecular weight excluding hydrogens is 276 g/mol. The second-order valence-electron chi connectivity index (χ2n) is 8.00. The Morgan fingerprint density at radius 2 is 1.68 bits per heavy atom. The third-order valence-electron chi connectivity index (χ3n) is 3.80. The summed E-state index contributed by atoms with van der Waals surface area (Å²) in [6, 6.07) is 5.79. The quantitative estimate of drug-likeness (QED) is 0.861. The number of nitrogens with zero attached hydrogens (tertiary/aromatic N) is 1. The van der Waals surface area contributed by atoms with Crippen LogP contribution >= 0.6 is 0 Å². The molecule has 0 unspecified atom stereocenters. The second kappa shape index (κ2) is 5.41. The molecule has 0 aromatic heterocycles. The summed E-state index contributed by atoms with van der Waals surface area (Å²) in [6.45, 7) is 12.2. The number of hydrogen-bond donors (Lipinski definition) is 1. The Morgan fingerprint density at radius 1 is 1.05 bits per heavy atom. The van der Waals surface area contributed by atoms with Crippen LogP contribution in [0.2, 0.25) is 0 Å². The van der Waals surface area contributed by atoms with E-state index in [0.717, 1.165) is 23.4 Å². The minimum absolute atomic E-state index is 0.00642. The zero-order valence-electron chi connectivity index (χ0n) is 14.4. The van der Waals surface area contributed by atoms with Crippen molar-refractivity contribution in [2.75, 3.05) is 16.8 Å². The highest BCUT2D eigenvalue weighted by Crippen LogP contribution is 2.34. The highest BCUT2D eigenvalue weighted by atomic mass is 16.2. The molecule has 0 fully saturated rings. The molecule has 0 spiro atoms. The van der Waals surface area contributed by atoms with Gasteiger partial charge in [0.05, 0.1) is 0 Å². The smallest absolute Gasteiger partial charge is 0.232 e. The van der Waals surface area contributed by atoms with Crippen molar-refractivity contribution in [3.63, 3.8) is 0 Å². The van der Waals surface area contributed by atoms with Crippen LogP contribution in [0.1, 0.15) is 47.1 Å². The van der Waals surface area contributed by atoms with E-state index in [-0.39, 0.29) is 17.2 Å². The summed E-state index contributed by atoms with van der Waals surface area (Å²) in [7, 11) is 0. The second-order valence-corrected chi connectivity index (χ2v) is 8.00. The summed E-state index contributed by atoms with van der Waals surface area (Å²) < 4.78 is 0. The van der Waals surface area contributed by atoms with E-state index in [2.05, 4.69) is 5.32 Å². The molecule has 1 N–H and O–H groups in total. The number of hydrogen-bond acceptors (Lipinski definition) is 2. The molecule has 0 aliphatic carbocycles. The van der Waals surface area contributed by atoms with E-state index >= 15 is 0 Å². The fourth-order valence-electron chi connectivity index (χ4n) is 2.41. The maximum atomic E-state index is 12.5. The van der Waals surface area contributed by atoms with Crippen LogP contribution in [0.3, 0.4) is 0 Å². The predicted octanol–water partition coefficient (Wildman–Crippen LogP) is 3.61. The van der Waals surface area contributed by atoms with Gasteiger partial charge in [0.25, 0.3) is 0 Å². The van der Waals surface area contributed by atoms with Crippen molar-refractivity contribution in [1.82, 2.24) is 0 Å². The number of rotatable bonds is 1. The van der Waals surface area contributed by atoms with Crippen LogP contribution in [0.5, 0.6) is 0 Å². The zero-order chi connectivity index (χ0) is 16.7. The van der Waals surface area contributed by atoms with Crippen LogP contribution in [0, 0.1) is 10.8 Å². The number of anilines is 2. The Labute approximate surface area is 132 Å². The van der Waals surface area contributed by atoms with Gasteiger partial charge < -0.3 is 10.2 Å². The molecule has 2 rings (SSSR count). The average Bonchev–Trinajstić information content (AvgIpc) is 2.78. The van der Waals surface area contributed by atoms with Crippen LogP contribution in [0.4, 0.5) is 11.4 Å². The van der Waals surface area contributed by atoms with Crippen LogP contribution in [-0.4, -0.2) is 18.4 Å². The lowest BCUT2D eigenvalue weighted by Crippen LogP contribution is -2.38. The molecule has 0 bridgehead atoms. The topological polar surface area (TPSA) is 49.4 Å². The van der Waals surface area contributed by atoms with Gasteiger partial charge in [0.2, 0.25) is 11.8 Å². The molecule has 4 nitrogen and oxygen atoms in total. The van der Waals surface area contributed by atoms with Crippen molar-refractivity contribution in [1.29, 1.82) is 0 Å². The van der Waals surface area contributed by atoms with Crippen molar-refractivity contribution in [3.8, 4) is 0 Å². The number of carbonyl (C=O) groups excluding carboxylic acids is 2. The summed E-state index contributed by atoms with van der Waals surface area (Å²) >= 11 is 0. The van der Waals surface area contributed by atoms with Crippen LogP contribution in [-0.2, 0) is 16.0 Å². The normalized spacial score (nSPS) is 14.7. The van der Waals surface area contributed by atoms with E-state index < -0.39 is 5.41 Å². The first-order valence-electron chi connectivity index (χ1n) is 7.76. The van der Waals surface area contributed by atoms with Gasteiger partial charge in [-0.2, -0.15) is 0 Å². The molecule has 1 aliphatic rings. The van der Waals surface area contributed by atoms with Crippen LogP contribution < -0.4 is 10.2 Å². The highest BCUT2D eigenvalue weighted by molar-refractivity contribution is 5.99. The van der Waals surface area contributed by atoms with Gasteiger partial charge in [-0.1, -0.05) is 41.5 Å². The molecule has 1 aliphatic heterocycles. The lowest BCUT2D eigenvalue weighted by atomic mass is 9.94. The standard InChI is InChI=1S/C18H26N2O2/c1-17(2,3)15(21)19-13-7-8-14-12(11-13)9-10-20(14)16(22)18(4,5)6/h7-8,11H,9-10H2,1-6H3,(H,19,21). The van der Waals surface area contributed by atoms with E-state index in [1.165, 1.54) is 0 Å². The molecule has 1 aromatic carbocycles. The molecule has 0 saturated heterocycles. The molecular formula is C18H26N2O2. The first kappa shape index (κ1) is 16.5. The first-order valence-corrected chi connectivity index (χ1v) is 7.76. The third-order valence-corrected chi connectivity index (χ3v) is 3.80. The lowest BCUT2D eigenvalue weighted by molar-refractivity contribution is -0.125. The van der Waals surface area contributed by atoms with E-state index in [9.17, 15) is 9.59 Å². The van der Waals surface area contributed by atoms with Gasteiger partial charge in [0.1, 0.15) is 0 Å². The summed E-state index contributed by atoms with van der Waals surface area (Å²) in [5.74, 6) is 0.130. The minimum atomic E-state index is -0.423. The Morgan fingerprint density at radius 3 is 2.23 bits per heavy atom. The summed E-state index contributed by atoms with van der Waals surface area (Å²) in [5.41, 5.74) is 2.07. The van der Waals surface area contributed by atoms with Crippen LogP contribution in [0.15, 0.2) is 18.2 Å². The zero-order valence-corrected chi connectivity index (χ0v) is 14.4. The maximum Gasteiger partial charge on any atom is 0.232 e. The summed E-state index contributed by atoms with van der Waals surface area (Å²) in [6.07, 6.45) is 0.830. The van der Waals surface area contributed by atoms with E-state index in [1.54, 1.807) is 0 Å². The molecule has 4 heteroatoms. The Bertz CT molecular complexity index is 606. The maximum absolute atomic E-state index is 12.5. The van der Waals surface area contributed by atoms with E-state index in [0.29, 0.717) is 6.54 Å². The van der Waals surface area contributed by atoms with Crippen molar-refractivity contribution >= 4 is 23.2 Å². The molecule has 2 amide bonds. The molecule has 0 radical (unpaired) electrons. The predicted molar refractivity (Wildman–Crippen MR) is 90.0 cm³/mol. The minimum Gasteiger partial charge on any atom is -0.326 e. The van der Waals surface area contributed by atoms with Gasteiger partial charge in [-0.05, 0) is 30.2 Å². The van der Waals surface area contributed by atoms with Crippen molar-refractivity contribution in [3.05, 3.63) is 23.8 Å². The van der Waals surface area contributed by atoms with Gasteiger partial charge in [0.15, 0.2) is 0 Å². The van der Waals surface area contributed by atoms with Gasteiger partial charge in [-0.15, -0.1) is 0 Å². The number of amides is 2. The van der Waals surface area contributed by atoms with Gasteiger partial charge >= 0.3 is 0 Å². The van der Waals surface area contributed by atoms with Gasteiger partial charge in [0, 0.05) is 28.7 Å². The van der Waals surface area contributed by atoms with Gasteiger partial charge in [-0.3, -0.25) is 9.59 Å². The molecule has 0 atom stereocenters. The Hall–Kier alpha value is -1.84. The lowest BCUT2D eigenvalue weighted by Gasteiger charge is -2.26. The molecule has 22 heavy (non-hydrogen) atoms. The van der Waals surface area contributed by atoms with Gasteiger partial charge in [-0.25, -0.2) is 0 Å². The number of benzene rings is 1. The summed E-state index contributed by atoms with van der Waals surface area (Å²) in [4.78, 5) is 26.4.